The third kappa shape index (κ3) is 3.52. The van der Waals surface area contributed by atoms with Gasteiger partial charge in [0.05, 0.1) is 16.9 Å². The number of benzene rings is 2. The van der Waals surface area contributed by atoms with Crippen LogP contribution in [0.1, 0.15) is 11.3 Å². The van der Waals surface area contributed by atoms with Crippen molar-refractivity contribution in [3.63, 3.8) is 0 Å². The summed E-state index contributed by atoms with van der Waals surface area (Å²) in [6.07, 6.45) is 0. The quantitative estimate of drug-likeness (QED) is 0.579. The molecule has 0 spiro atoms. The minimum Gasteiger partial charge on any atom is -0.294 e. The molecule has 0 atom stereocenters. The van der Waals surface area contributed by atoms with Crippen LogP contribution < -0.4 is 10.9 Å². The molecule has 134 valence electrons. The van der Waals surface area contributed by atoms with E-state index >= 15 is 0 Å². The molecule has 0 fully saturated rings. The maximum atomic E-state index is 13.1. The molecule has 4 aromatic rings. The monoisotopic (exact) mass is 361 g/mol. The van der Waals surface area contributed by atoms with Crippen LogP contribution in [0.25, 0.3) is 22.2 Å². The van der Waals surface area contributed by atoms with Crippen molar-refractivity contribution in [2.24, 2.45) is 0 Å². The number of aromatic amines is 1. The Morgan fingerprint density at radius 3 is 2.52 bits per heavy atom. The second-order valence-corrected chi connectivity index (χ2v) is 6.26. The number of fused-ring (bicyclic) bond motifs is 1. The van der Waals surface area contributed by atoms with Crippen LogP contribution in [-0.4, -0.2) is 19.9 Å². The molecule has 2 N–H and O–H groups in total. The summed E-state index contributed by atoms with van der Waals surface area (Å²) in [4.78, 5) is 28.0. The van der Waals surface area contributed by atoms with Crippen molar-refractivity contribution in [2.45, 2.75) is 13.8 Å². The van der Waals surface area contributed by atoms with E-state index in [1.807, 2.05) is 32.0 Å². The third-order valence-electron chi connectivity index (χ3n) is 4.15. The van der Waals surface area contributed by atoms with Gasteiger partial charge in [-0.2, -0.15) is 0 Å². The van der Waals surface area contributed by atoms with Gasteiger partial charge in [0.15, 0.2) is 0 Å². The Kier molecular flexibility index (Phi) is 4.12. The minimum atomic E-state index is -0.350. The van der Waals surface area contributed by atoms with Crippen LogP contribution in [0.15, 0.2) is 53.3 Å². The van der Waals surface area contributed by atoms with Crippen molar-refractivity contribution in [2.75, 3.05) is 5.32 Å². The fourth-order valence-corrected chi connectivity index (χ4v) is 2.85. The number of anilines is 2. The zero-order chi connectivity index (χ0) is 19.0. The Balaban J connectivity index is 1.73. The Bertz CT molecular complexity index is 1200. The van der Waals surface area contributed by atoms with Crippen LogP contribution in [0.4, 0.5) is 16.3 Å². The number of rotatable bonds is 3. The van der Waals surface area contributed by atoms with E-state index in [0.717, 1.165) is 22.2 Å². The summed E-state index contributed by atoms with van der Waals surface area (Å²) in [6, 6.07) is 13.1. The van der Waals surface area contributed by atoms with Gasteiger partial charge in [0.1, 0.15) is 5.82 Å². The normalized spacial score (nSPS) is 10.9. The molecule has 6 nitrogen and oxygen atoms in total. The van der Waals surface area contributed by atoms with Gasteiger partial charge in [0, 0.05) is 17.0 Å². The van der Waals surface area contributed by atoms with Crippen molar-refractivity contribution in [3.05, 3.63) is 76.0 Å². The fourth-order valence-electron chi connectivity index (χ4n) is 2.85. The average molecular weight is 361 g/mol. The van der Waals surface area contributed by atoms with E-state index in [1.54, 1.807) is 12.1 Å². The molecule has 0 aliphatic carbocycles. The lowest BCUT2D eigenvalue weighted by Crippen LogP contribution is -2.12. The van der Waals surface area contributed by atoms with Gasteiger partial charge in [-0.1, -0.05) is 12.1 Å². The summed E-state index contributed by atoms with van der Waals surface area (Å²) in [7, 11) is 0. The molecular weight excluding hydrogens is 345 g/mol. The van der Waals surface area contributed by atoms with E-state index in [9.17, 15) is 9.18 Å². The van der Waals surface area contributed by atoms with Gasteiger partial charge >= 0.3 is 0 Å². The van der Waals surface area contributed by atoms with Gasteiger partial charge in [-0.05, 0) is 49.7 Å². The molecule has 2 aromatic heterocycles. The minimum absolute atomic E-state index is 0.216. The van der Waals surface area contributed by atoms with Gasteiger partial charge < -0.3 is 0 Å². The van der Waals surface area contributed by atoms with Crippen molar-refractivity contribution >= 4 is 22.8 Å². The lowest BCUT2D eigenvalue weighted by molar-refractivity contribution is 0.628. The Hall–Kier alpha value is -3.61. The smallest absolute Gasteiger partial charge is 0.252 e. The van der Waals surface area contributed by atoms with Gasteiger partial charge in [0.2, 0.25) is 11.9 Å². The molecule has 0 saturated carbocycles. The summed E-state index contributed by atoms with van der Waals surface area (Å²) < 4.78 is 13.1. The zero-order valence-corrected chi connectivity index (χ0v) is 14.7. The molecule has 0 bridgehead atoms. The molecule has 7 heteroatoms. The summed E-state index contributed by atoms with van der Waals surface area (Å²) in [5.74, 6) is 0.204. The summed E-state index contributed by atoms with van der Waals surface area (Å²) >= 11 is 0. The van der Waals surface area contributed by atoms with E-state index in [-0.39, 0.29) is 17.3 Å². The van der Waals surface area contributed by atoms with Gasteiger partial charge in [-0.15, -0.1) is 0 Å². The van der Waals surface area contributed by atoms with Crippen molar-refractivity contribution in [1.29, 1.82) is 0 Å². The lowest BCUT2D eigenvalue weighted by atomic mass is 10.1. The van der Waals surface area contributed by atoms with E-state index in [2.05, 4.69) is 25.3 Å². The molecule has 0 unspecified atom stereocenters. The van der Waals surface area contributed by atoms with Crippen molar-refractivity contribution in [3.8, 4) is 11.3 Å². The maximum Gasteiger partial charge on any atom is 0.252 e. The standard InChI is InChI=1S/C20H16FN5O/c1-11-3-8-15-12(2)22-19(24-17(15)9-11)26-20-23-16(10-18(27)25-20)13-4-6-14(21)7-5-13/h3-10H,1-2H3,(H2,22,23,24,25,26,27). The number of hydrogen-bond donors (Lipinski definition) is 2. The average Bonchev–Trinajstić information content (AvgIpc) is 2.61. The first kappa shape index (κ1) is 16.8. The SMILES string of the molecule is Cc1ccc2c(C)nc(Nc3nc(-c4ccc(F)cc4)cc(=O)[nH]3)nc2c1. The van der Waals surface area contributed by atoms with Crippen molar-refractivity contribution in [1.82, 2.24) is 19.9 Å². The third-order valence-corrected chi connectivity index (χ3v) is 4.15. The molecule has 0 amide bonds. The summed E-state index contributed by atoms with van der Waals surface area (Å²) in [5.41, 5.74) is 3.45. The first-order valence-electron chi connectivity index (χ1n) is 8.37. The van der Waals surface area contributed by atoms with Crippen LogP contribution in [0, 0.1) is 19.7 Å². The predicted octanol–water partition coefficient (Wildman–Crippen LogP) is 3.88. The van der Waals surface area contributed by atoms with Gasteiger partial charge in [-0.25, -0.2) is 19.3 Å². The Morgan fingerprint density at radius 2 is 1.74 bits per heavy atom. The largest absolute Gasteiger partial charge is 0.294 e. The van der Waals surface area contributed by atoms with Crippen LogP contribution in [0.3, 0.4) is 0 Å². The number of aryl methyl sites for hydroxylation is 2. The molecule has 2 aromatic carbocycles. The molecule has 0 radical (unpaired) electrons. The summed E-state index contributed by atoms with van der Waals surface area (Å²) in [5, 5.41) is 3.92. The zero-order valence-electron chi connectivity index (χ0n) is 14.7. The molecule has 0 saturated heterocycles. The number of halogens is 1. The molecule has 27 heavy (non-hydrogen) atoms. The van der Waals surface area contributed by atoms with Crippen LogP contribution in [-0.2, 0) is 0 Å². The highest BCUT2D eigenvalue weighted by Gasteiger charge is 2.09. The summed E-state index contributed by atoms with van der Waals surface area (Å²) in [6.45, 7) is 3.89. The second kappa shape index (κ2) is 6.60. The number of nitrogens with zero attached hydrogens (tertiary/aromatic N) is 3. The number of hydrogen-bond acceptors (Lipinski definition) is 5. The van der Waals surface area contributed by atoms with Gasteiger partial charge in [0.25, 0.3) is 5.56 Å². The highest BCUT2D eigenvalue weighted by Crippen LogP contribution is 2.21. The number of H-pyrrole nitrogens is 1. The van der Waals surface area contributed by atoms with E-state index in [0.29, 0.717) is 17.2 Å². The van der Waals surface area contributed by atoms with Crippen molar-refractivity contribution < 1.29 is 4.39 Å². The van der Waals surface area contributed by atoms with Crippen LogP contribution >= 0.6 is 0 Å². The predicted molar refractivity (Wildman–Crippen MR) is 103 cm³/mol. The second-order valence-electron chi connectivity index (χ2n) is 6.26. The van der Waals surface area contributed by atoms with E-state index in [4.69, 9.17) is 0 Å². The fraction of sp³-hybridized carbons (Fsp3) is 0.100. The molecule has 0 aliphatic rings. The first-order valence-corrected chi connectivity index (χ1v) is 8.37. The number of nitrogens with one attached hydrogen (secondary N) is 2. The van der Waals surface area contributed by atoms with E-state index < -0.39 is 0 Å². The number of aromatic nitrogens is 4. The van der Waals surface area contributed by atoms with E-state index in [1.165, 1.54) is 18.2 Å². The Morgan fingerprint density at radius 1 is 0.963 bits per heavy atom. The Labute approximate surface area is 154 Å². The maximum absolute atomic E-state index is 13.1. The highest BCUT2D eigenvalue weighted by molar-refractivity contribution is 5.82. The topological polar surface area (TPSA) is 83.6 Å². The lowest BCUT2D eigenvalue weighted by Gasteiger charge is -2.09. The molecule has 4 rings (SSSR count). The highest BCUT2D eigenvalue weighted by atomic mass is 19.1. The molecular formula is C20H16FN5O. The van der Waals surface area contributed by atoms with Gasteiger partial charge in [-0.3, -0.25) is 15.1 Å². The van der Waals surface area contributed by atoms with Crippen LogP contribution in [0.2, 0.25) is 0 Å². The molecule has 0 aliphatic heterocycles. The van der Waals surface area contributed by atoms with Crippen LogP contribution in [0.5, 0.6) is 0 Å². The first-order chi connectivity index (χ1) is 13.0. The molecule has 2 heterocycles.